The van der Waals surface area contributed by atoms with E-state index in [2.05, 4.69) is 42.2 Å². The van der Waals surface area contributed by atoms with Crippen LogP contribution in [0.4, 0.5) is 5.82 Å². The van der Waals surface area contributed by atoms with E-state index >= 15 is 0 Å². The number of ether oxygens (including phenoxy) is 1. The third kappa shape index (κ3) is 5.15. The van der Waals surface area contributed by atoms with E-state index < -0.39 is 0 Å². The Morgan fingerprint density at radius 3 is 2.87 bits per heavy atom. The Morgan fingerprint density at radius 2 is 2.20 bits per heavy atom. The van der Waals surface area contributed by atoms with Crippen molar-refractivity contribution in [3.8, 4) is 0 Å². The molecule has 0 bridgehead atoms. The lowest BCUT2D eigenvalue weighted by molar-refractivity contribution is 0.160. The maximum absolute atomic E-state index is 5.47. The van der Waals surface area contributed by atoms with Crippen molar-refractivity contribution < 1.29 is 4.74 Å². The highest BCUT2D eigenvalue weighted by molar-refractivity contribution is 9.11. The van der Waals surface area contributed by atoms with Gasteiger partial charge in [0.2, 0.25) is 0 Å². The van der Waals surface area contributed by atoms with Gasteiger partial charge in [-0.05, 0) is 37.9 Å². The van der Waals surface area contributed by atoms with Gasteiger partial charge in [-0.3, -0.25) is 0 Å². The van der Waals surface area contributed by atoms with Gasteiger partial charge >= 0.3 is 0 Å². The summed E-state index contributed by atoms with van der Waals surface area (Å²) in [7, 11) is 0. The summed E-state index contributed by atoms with van der Waals surface area (Å²) in [5.74, 6) is 1.34. The van der Waals surface area contributed by atoms with Gasteiger partial charge in [-0.25, -0.2) is 4.98 Å². The summed E-state index contributed by atoms with van der Waals surface area (Å²) in [6.07, 6.45) is 1.74. The first-order chi connectivity index (χ1) is 7.24. The third-order valence-corrected chi connectivity index (χ3v) is 2.76. The minimum absolute atomic E-state index is 0.528. The van der Waals surface area contributed by atoms with Gasteiger partial charge < -0.3 is 10.1 Å². The molecule has 84 valence electrons. The average molecular weight is 358 g/mol. The van der Waals surface area contributed by atoms with E-state index in [0.29, 0.717) is 25.6 Å². The third-order valence-electron chi connectivity index (χ3n) is 1.57. The van der Waals surface area contributed by atoms with Crippen LogP contribution < -0.4 is 5.32 Å². The fraction of sp³-hybridized carbons (Fsp3) is 0.444. The van der Waals surface area contributed by atoms with Gasteiger partial charge in [0, 0.05) is 23.1 Å². The molecule has 0 radical (unpaired) electrons. The molecule has 1 N–H and O–H groups in total. The molecule has 0 fully saturated rings. The average Bonchev–Trinajstić information content (AvgIpc) is 2.20. The molecule has 0 spiro atoms. The van der Waals surface area contributed by atoms with Crippen molar-refractivity contribution in [3.05, 3.63) is 21.2 Å². The first-order valence-electron chi connectivity index (χ1n) is 4.42. The van der Waals surface area contributed by atoms with E-state index in [1.807, 2.05) is 6.07 Å². The van der Waals surface area contributed by atoms with Crippen LogP contribution >= 0.6 is 43.5 Å². The van der Waals surface area contributed by atoms with Crippen LogP contribution in [0.5, 0.6) is 0 Å². The van der Waals surface area contributed by atoms with Gasteiger partial charge in [0.15, 0.2) is 0 Å². The second-order valence-corrected chi connectivity index (χ2v) is 4.86. The lowest BCUT2D eigenvalue weighted by atomic mass is 10.4. The monoisotopic (exact) mass is 356 g/mol. The van der Waals surface area contributed by atoms with Crippen LogP contribution in [0.3, 0.4) is 0 Å². The fourth-order valence-corrected chi connectivity index (χ4v) is 2.18. The molecule has 1 rings (SSSR count). The van der Waals surface area contributed by atoms with Gasteiger partial charge in [0.1, 0.15) is 5.82 Å². The summed E-state index contributed by atoms with van der Waals surface area (Å²) in [5.41, 5.74) is 0. The summed E-state index contributed by atoms with van der Waals surface area (Å²) in [6, 6.07) is 1.94. The van der Waals surface area contributed by atoms with Crippen molar-refractivity contribution in [2.24, 2.45) is 0 Å². The fourth-order valence-electron chi connectivity index (χ4n) is 0.943. The molecule has 0 atom stereocenters. The zero-order valence-electron chi connectivity index (χ0n) is 7.97. The van der Waals surface area contributed by atoms with Crippen molar-refractivity contribution >= 4 is 49.3 Å². The van der Waals surface area contributed by atoms with E-state index in [0.717, 1.165) is 14.8 Å². The molecule has 0 aromatic carbocycles. The number of rotatable bonds is 6. The molecule has 3 nitrogen and oxygen atoms in total. The van der Waals surface area contributed by atoms with Gasteiger partial charge in [-0.2, -0.15) is 0 Å². The van der Waals surface area contributed by atoms with E-state index in [4.69, 9.17) is 16.3 Å². The smallest absolute Gasteiger partial charge is 0.140 e. The quantitative estimate of drug-likeness (QED) is 0.626. The Labute approximate surface area is 111 Å². The van der Waals surface area contributed by atoms with Gasteiger partial charge in [0.05, 0.1) is 17.7 Å². The van der Waals surface area contributed by atoms with Crippen LogP contribution in [0.2, 0.25) is 0 Å². The van der Waals surface area contributed by atoms with Gasteiger partial charge in [0.25, 0.3) is 0 Å². The standard InChI is InChI=1S/C9H11Br2ClN2O/c10-7-5-8(11)9(14-6-7)13-2-4-15-3-1-12/h5-6H,1-4H2,(H,13,14). The first kappa shape index (κ1) is 13.2. The molecule has 0 saturated heterocycles. The molecular weight excluding hydrogens is 347 g/mol. The molecule has 1 aromatic rings. The molecule has 0 aliphatic carbocycles. The summed E-state index contributed by atoms with van der Waals surface area (Å²) >= 11 is 12.2. The molecular formula is C9H11Br2ClN2O. The highest BCUT2D eigenvalue weighted by atomic mass is 79.9. The molecule has 1 aromatic heterocycles. The maximum Gasteiger partial charge on any atom is 0.140 e. The Hall–Kier alpha value is 0.160. The second kappa shape index (κ2) is 7.44. The molecule has 0 aliphatic rings. The number of anilines is 1. The number of hydrogen-bond donors (Lipinski definition) is 1. The van der Waals surface area contributed by atoms with Crippen LogP contribution in [0.1, 0.15) is 0 Å². The number of nitrogens with one attached hydrogen (secondary N) is 1. The number of aromatic nitrogens is 1. The van der Waals surface area contributed by atoms with Crippen molar-refractivity contribution in [2.45, 2.75) is 0 Å². The van der Waals surface area contributed by atoms with E-state index in [9.17, 15) is 0 Å². The van der Waals surface area contributed by atoms with Gasteiger partial charge in [-0.15, -0.1) is 11.6 Å². The summed E-state index contributed by atoms with van der Waals surface area (Å²) in [4.78, 5) is 4.21. The predicted octanol–water partition coefficient (Wildman–Crippen LogP) is 3.27. The molecule has 1 heterocycles. The molecule has 6 heteroatoms. The molecule has 0 unspecified atom stereocenters. The topological polar surface area (TPSA) is 34.1 Å². The van der Waals surface area contributed by atoms with Crippen LogP contribution in [-0.4, -0.2) is 30.6 Å². The predicted molar refractivity (Wildman–Crippen MR) is 69.7 cm³/mol. The van der Waals surface area contributed by atoms with E-state index in [1.165, 1.54) is 0 Å². The van der Waals surface area contributed by atoms with Crippen LogP contribution in [0.15, 0.2) is 21.2 Å². The summed E-state index contributed by atoms with van der Waals surface area (Å²) in [5, 5.41) is 3.15. The first-order valence-corrected chi connectivity index (χ1v) is 6.54. The SMILES string of the molecule is ClCCOCCNc1ncc(Br)cc1Br. The minimum atomic E-state index is 0.528. The summed E-state index contributed by atoms with van der Waals surface area (Å²) in [6.45, 7) is 1.92. The van der Waals surface area contributed by atoms with Crippen LogP contribution in [-0.2, 0) is 4.74 Å². The number of halogens is 3. The van der Waals surface area contributed by atoms with Gasteiger partial charge in [-0.1, -0.05) is 0 Å². The number of alkyl halides is 1. The van der Waals surface area contributed by atoms with Crippen molar-refractivity contribution in [2.75, 3.05) is 31.0 Å². The largest absolute Gasteiger partial charge is 0.378 e. The molecule has 15 heavy (non-hydrogen) atoms. The number of hydrogen-bond acceptors (Lipinski definition) is 3. The Balaban J connectivity index is 2.31. The van der Waals surface area contributed by atoms with Crippen molar-refractivity contribution in [3.63, 3.8) is 0 Å². The van der Waals surface area contributed by atoms with Crippen LogP contribution in [0, 0.1) is 0 Å². The normalized spacial score (nSPS) is 10.3. The maximum atomic E-state index is 5.47. The van der Waals surface area contributed by atoms with E-state index in [1.54, 1.807) is 6.20 Å². The number of nitrogens with zero attached hydrogens (tertiary/aromatic N) is 1. The summed E-state index contributed by atoms with van der Waals surface area (Å²) < 4.78 is 7.09. The lowest BCUT2D eigenvalue weighted by Crippen LogP contribution is -2.11. The highest BCUT2D eigenvalue weighted by Crippen LogP contribution is 2.22. The number of pyridine rings is 1. The zero-order chi connectivity index (χ0) is 11.1. The Morgan fingerprint density at radius 1 is 1.40 bits per heavy atom. The second-order valence-electron chi connectivity index (χ2n) is 2.71. The molecule has 0 amide bonds. The molecule has 0 aliphatic heterocycles. The van der Waals surface area contributed by atoms with Crippen molar-refractivity contribution in [1.29, 1.82) is 0 Å². The minimum Gasteiger partial charge on any atom is -0.378 e. The van der Waals surface area contributed by atoms with Crippen LogP contribution in [0.25, 0.3) is 0 Å². The van der Waals surface area contributed by atoms with Crippen molar-refractivity contribution in [1.82, 2.24) is 4.98 Å². The Bertz CT molecular complexity index is 312. The Kier molecular flexibility index (Phi) is 6.56. The highest BCUT2D eigenvalue weighted by Gasteiger charge is 2.00. The zero-order valence-corrected chi connectivity index (χ0v) is 11.9. The van der Waals surface area contributed by atoms with E-state index in [-0.39, 0.29) is 0 Å². The lowest BCUT2D eigenvalue weighted by Gasteiger charge is -2.07. The molecule has 0 saturated carbocycles.